The summed E-state index contributed by atoms with van der Waals surface area (Å²) in [7, 11) is 0.0487. The molecule has 0 radical (unpaired) electrons. The van der Waals surface area contributed by atoms with Gasteiger partial charge in [-0.05, 0) is 44.6 Å². The van der Waals surface area contributed by atoms with Crippen LogP contribution in [0.25, 0.3) is 0 Å². The average molecular weight is 300 g/mol. The van der Waals surface area contributed by atoms with E-state index >= 15 is 0 Å². The minimum absolute atomic E-state index is 0.324. The molecule has 1 aromatic carbocycles. The molecule has 114 valence electrons. The molecule has 0 aliphatic heterocycles. The third-order valence-electron chi connectivity index (χ3n) is 3.05. The molecule has 0 unspecified atom stereocenters. The maximum atomic E-state index is 12.3. The largest absolute Gasteiger partial charge is 0.380 e. The Kier molecular flexibility index (Phi) is 7.15. The molecule has 1 N–H and O–H groups in total. The van der Waals surface area contributed by atoms with E-state index in [9.17, 15) is 8.42 Å². The fraction of sp³-hybridized carbons (Fsp3) is 0.571. The number of nitrogens with one attached hydrogen (secondary N) is 1. The van der Waals surface area contributed by atoms with Gasteiger partial charge in [-0.1, -0.05) is 12.1 Å². The highest BCUT2D eigenvalue weighted by Gasteiger charge is 2.20. The highest BCUT2D eigenvalue weighted by atomic mass is 32.2. The van der Waals surface area contributed by atoms with Crippen molar-refractivity contribution in [2.75, 3.05) is 40.4 Å². The molecular formula is C14H24N2O3S. The van der Waals surface area contributed by atoms with Crippen LogP contribution in [0, 0.1) is 0 Å². The standard InChI is InChI=1S/C14H24N2O3S/c1-4-19-12-11-16(3)20(17,18)14-7-5-13(6-8-14)9-10-15-2/h5-8,15H,4,9-12H2,1-3H3. The van der Waals surface area contributed by atoms with Crippen LogP contribution in [0.2, 0.25) is 0 Å². The van der Waals surface area contributed by atoms with Gasteiger partial charge in [-0.25, -0.2) is 8.42 Å². The van der Waals surface area contributed by atoms with Crippen LogP contribution in [0.4, 0.5) is 0 Å². The minimum atomic E-state index is -3.42. The van der Waals surface area contributed by atoms with Crippen LogP contribution in [-0.2, 0) is 21.2 Å². The number of sulfonamides is 1. The zero-order valence-electron chi connectivity index (χ0n) is 12.4. The summed E-state index contributed by atoms with van der Waals surface area (Å²) in [6.07, 6.45) is 0.886. The summed E-state index contributed by atoms with van der Waals surface area (Å²) < 4.78 is 31.1. The molecule has 0 atom stereocenters. The van der Waals surface area contributed by atoms with Crippen LogP contribution in [0.5, 0.6) is 0 Å². The van der Waals surface area contributed by atoms with Gasteiger partial charge in [0.25, 0.3) is 0 Å². The second kappa shape index (κ2) is 8.36. The van der Waals surface area contributed by atoms with Crippen LogP contribution < -0.4 is 5.32 Å². The molecule has 0 heterocycles. The third kappa shape index (κ3) is 4.86. The van der Waals surface area contributed by atoms with Crippen LogP contribution >= 0.6 is 0 Å². The summed E-state index contributed by atoms with van der Waals surface area (Å²) in [4.78, 5) is 0.324. The lowest BCUT2D eigenvalue weighted by Crippen LogP contribution is -2.30. The Morgan fingerprint density at radius 3 is 2.45 bits per heavy atom. The van der Waals surface area contributed by atoms with Crippen molar-refractivity contribution in [1.82, 2.24) is 9.62 Å². The van der Waals surface area contributed by atoms with Gasteiger partial charge in [-0.2, -0.15) is 4.31 Å². The molecular weight excluding hydrogens is 276 g/mol. The normalized spacial score (nSPS) is 12.0. The quantitative estimate of drug-likeness (QED) is 0.694. The minimum Gasteiger partial charge on any atom is -0.380 e. The van der Waals surface area contributed by atoms with E-state index in [1.165, 1.54) is 4.31 Å². The van der Waals surface area contributed by atoms with Crippen molar-refractivity contribution in [2.24, 2.45) is 0 Å². The number of rotatable bonds is 9. The second-order valence-electron chi connectivity index (χ2n) is 4.52. The van der Waals surface area contributed by atoms with E-state index in [0.29, 0.717) is 24.7 Å². The van der Waals surface area contributed by atoms with E-state index in [2.05, 4.69) is 5.32 Å². The molecule has 5 nitrogen and oxygen atoms in total. The van der Waals surface area contributed by atoms with E-state index in [-0.39, 0.29) is 0 Å². The lowest BCUT2D eigenvalue weighted by atomic mass is 10.1. The molecule has 1 rings (SSSR count). The molecule has 0 aromatic heterocycles. The van der Waals surface area contributed by atoms with Gasteiger partial charge in [-0.3, -0.25) is 0 Å². The van der Waals surface area contributed by atoms with E-state index in [4.69, 9.17) is 4.74 Å². The number of benzene rings is 1. The van der Waals surface area contributed by atoms with E-state index in [0.717, 1.165) is 18.5 Å². The first-order valence-corrected chi connectivity index (χ1v) is 8.24. The molecule has 0 aliphatic carbocycles. The summed E-state index contributed by atoms with van der Waals surface area (Å²) in [5.41, 5.74) is 1.12. The van der Waals surface area contributed by atoms with E-state index < -0.39 is 10.0 Å². The van der Waals surface area contributed by atoms with E-state index in [1.807, 2.05) is 26.1 Å². The van der Waals surface area contributed by atoms with Crippen LogP contribution in [0.15, 0.2) is 29.2 Å². The van der Waals surface area contributed by atoms with Gasteiger partial charge < -0.3 is 10.1 Å². The Morgan fingerprint density at radius 2 is 1.90 bits per heavy atom. The number of ether oxygens (including phenoxy) is 1. The van der Waals surface area contributed by atoms with Crippen molar-refractivity contribution in [3.05, 3.63) is 29.8 Å². The maximum Gasteiger partial charge on any atom is 0.242 e. The van der Waals surface area contributed by atoms with Crippen molar-refractivity contribution in [3.8, 4) is 0 Å². The molecule has 1 aromatic rings. The molecule has 0 saturated heterocycles. The number of nitrogens with zero attached hydrogens (tertiary/aromatic N) is 1. The smallest absolute Gasteiger partial charge is 0.242 e. The molecule has 6 heteroatoms. The van der Waals surface area contributed by atoms with Crippen molar-refractivity contribution in [1.29, 1.82) is 0 Å². The SMILES string of the molecule is CCOCCN(C)S(=O)(=O)c1ccc(CCNC)cc1. The van der Waals surface area contributed by atoms with Gasteiger partial charge in [0.05, 0.1) is 11.5 Å². The first-order chi connectivity index (χ1) is 9.52. The monoisotopic (exact) mass is 300 g/mol. The highest BCUT2D eigenvalue weighted by molar-refractivity contribution is 7.89. The summed E-state index contributed by atoms with van der Waals surface area (Å²) in [6, 6.07) is 7.05. The molecule has 0 saturated carbocycles. The van der Waals surface area contributed by atoms with Crippen LogP contribution in [0.1, 0.15) is 12.5 Å². The van der Waals surface area contributed by atoms with Gasteiger partial charge in [0.2, 0.25) is 10.0 Å². The van der Waals surface area contributed by atoms with Gasteiger partial charge >= 0.3 is 0 Å². The molecule has 0 amide bonds. The van der Waals surface area contributed by atoms with Crippen molar-refractivity contribution in [2.45, 2.75) is 18.2 Å². The summed E-state index contributed by atoms with van der Waals surface area (Å²) >= 11 is 0. The van der Waals surface area contributed by atoms with Crippen molar-refractivity contribution >= 4 is 10.0 Å². The maximum absolute atomic E-state index is 12.3. The lowest BCUT2D eigenvalue weighted by molar-refractivity contribution is 0.138. The Morgan fingerprint density at radius 1 is 1.25 bits per heavy atom. The molecule has 0 spiro atoms. The highest BCUT2D eigenvalue weighted by Crippen LogP contribution is 2.15. The van der Waals surface area contributed by atoms with Crippen molar-refractivity contribution in [3.63, 3.8) is 0 Å². The first-order valence-electron chi connectivity index (χ1n) is 6.80. The number of likely N-dealkylation sites (N-methyl/N-ethyl adjacent to an activating group) is 2. The third-order valence-corrected chi connectivity index (χ3v) is 4.92. The first kappa shape index (κ1) is 17.1. The summed E-state index contributed by atoms with van der Waals surface area (Å²) in [5, 5.41) is 3.07. The Balaban J connectivity index is 2.71. The molecule has 20 heavy (non-hydrogen) atoms. The zero-order chi connectivity index (χ0) is 15.0. The lowest BCUT2D eigenvalue weighted by Gasteiger charge is -2.17. The zero-order valence-corrected chi connectivity index (χ0v) is 13.2. The fourth-order valence-electron chi connectivity index (χ4n) is 1.73. The van der Waals surface area contributed by atoms with Gasteiger partial charge in [-0.15, -0.1) is 0 Å². The Bertz CT molecular complexity index is 486. The number of hydrogen-bond donors (Lipinski definition) is 1. The predicted octanol–water partition coefficient (Wildman–Crippen LogP) is 1.11. The summed E-state index contributed by atoms with van der Waals surface area (Å²) in [6.45, 7) is 4.12. The molecule has 0 aliphatic rings. The van der Waals surface area contributed by atoms with Crippen LogP contribution in [-0.4, -0.2) is 53.1 Å². The van der Waals surface area contributed by atoms with Crippen LogP contribution in [0.3, 0.4) is 0 Å². The van der Waals surface area contributed by atoms with Gasteiger partial charge in [0.1, 0.15) is 0 Å². The number of hydrogen-bond acceptors (Lipinski definition) is 4. The topological polar surface area (TPSA) is 58.6 Å². The van der Waals surface area contributed by atoms with Gasteiger partial charge in [0.15, 0.2) is 0 Å². The van der Waals surface area contributed by atoms with Gasteiger partial charge in [0, 0.05) is 20.2 Å². The predicted molar refractivity (Wildman–Crippen MR) is 80.4 cm³/mol. The summed E-state index contributed by atoms with van der Waals surface area (Å²) in [5.74, 6) is 0. The molecule has 0 fully saturated rings. The fourth-order valence-corrected chi connectivity index (χ4v) is 2.89. The average Bonchev–Trinajstić information content (AvgIpc) is 2.45. The second-order valence-corrected chi connectivity index (χ2v) is 6.57. The van der Waals surface area contributed by atoms with E-state index in [1.54, 1.807) is 19.2 Å². The molecule has 0 bridgehead atoms. The Labute approximate surface area is 122 Å². The Hall–Kier alpha value is -0.950. The van der Waals surface area contributed by atoms with Crippen molar-refractivity contribution < 1.29 is 13.2 Å².